The van der Waals surface area contributed by atoms with E-state index in [4.69, 9.17) is 14.2 Å². The Morgan fingerprint density at radius 3 is 2.32 bits per heavy atom. The number of rotatable bonds is 4. The van der Waals surface area contributed by atoms with Gasteiger partial charge in [0, 0.05) is 13.8 Å². The molecule has 2 aromatic rings. The number of carbonyl (C=O) groups excluding carboxylic acids is 2. The Balaban J connectivity index is 1.75. The fourth-order valence-corrected chi connectivity index (χ4v) is 2.38. The molecular weight excluding hydrogens is 320 g/mol. The van der Waals surface area contributed by atoms with Crippen LogP contribution >= 0.6 is 0 Å². The summed E-state index contributed by atoms with van der Waals surface area (Å²) in [4.78, 5) is 24.0. The lowest BCUT2D eigenvalue weighted by molar-refractivity contribution is -0.222. The third-order valence-electron chi connectivity index (χ3n) is 3.53. The first kappa shape index (κ1) is 16.8. The summed E-state index contributed by atoms with van der Waals surface area (Å²) in [5, 5.41) is 0. The van der Waals surface area contributed by atoms with Crippen LogP contribution < -0.4 is 4.74 Å². The molecule has 0 unspecified atom stereocenters. The van der Waals surface area contributed by atoms with Gasteiger partial charge < -0.3 is 14.2 Å². The number of carbonyl (C=O) groups is 2. The molecule has 128 valence electrons. The summed E-state index contributed by atoms with van der Waals surface area (Å²) in [6, 6.07) is 16.9. The van der Waals surface area contributed by atoms with E-state index in [-0.39, 0.29) is 5.57 Å². The molecule has 1 heterocycles. The van der Waals surface area contributed by atoms with E-state index in [1.165, 1.54) is 19.9 Å². The van der Waals surface area contributed by atoms with E-state index in [9.17, 15) is 9.59 Å². The van der Waals surface area contributed by atoms with Crippen LogP contribution in [-0.4, -0.2) is 17.7 Å². The van der Waals surface area contributed by atoms with Gasteiger partial charge in [0.25, 0.3) is 5.79 Å². The minimum atomic E-state index is -1.24. The highest BCUT2D eigenvalue weighted by Crippen LogP contribution is 2.25. The van der Waals surface area contributed by atoms with Gasteiger partial charge in [-0.05, 0) is 29.3 Å². The highest BCUT2D eigenvalue weighted by Gasteiger charge is 2.38. The van der Waals surface area contributed by atoms with Crippen molar-refractivity contribution in [1.29, 1.82) is 0 Å². The Kier molecular flexibility index (Phi) is 4.57. The summed E-state index contributed by atoms with van der Waals surface area (Å²) in [6.07, 6.45) is 1.44. The Hall–Kier alpha value is -3.08. The van der Waals surface area contributed by atoms with Crippen molar-refractivity contribution in [3.8, 4) is 5.75 Å². The van der Waals surface area contributed by atoms with Crippen LogP contribution in [0.5, 0.6) is 5.75 Å². The Labute approximate surface area is 145 Å². The van der Waals surface area contributed by atoms with Crippen LogP contribution in [0.15, 0.2) is 60.2 Å². The van der Waals surface area contributed by atoms with Crippen LogP contribution in [0.3, 0.4) is 0 Å². The van der Waals surface area contributed by atoms with E-state index in [2.05, 4.69) is 0 Å². The van der Waals surface area contributed by atoms with Crippen molar-refractivity contribution < 1.29 is 23.8 Å². The molecule has 5 heteroatoms. The second kappa shape index (κ2) is 6.81. The van der Waals surface area contributed by atoms with Crippen LogP contribution in [-0.2, 0) is 25.7 Å². The van der Waals surface area contributed by atoms with E-state index in [1.807, 2.05) is 36.4 Å². The molecule has 0 bridgehead atoms. The van der Waals surface area contributed by atoms with Gasteiger partial charge in [-0.25, -0.2) is 9.59 Å². The van der Waals surface area contributed by atoms with Crippen molar-refractivity contribution in [1.82, 2.24) is 0 Å². The average Bonchev–Trinajstić information content (AvgIpc) is 2.57. The molecule has 0 radical (unpaired) electrons. The maximum Gasteiger partial charge on any atom is 0.348 e. The fourth-order valence-electron chi connectivity index (χ4n) is 2.38. The molecule has 0 spiro atoms. The van der Waals surface area contributed by atoms with Crippen LogP contribution in [0.1, 0.15) is 25.0 Å². The summed E-state index contributed by atoms with van der Waals surface area (Å²) in [5.41, 5.74) is 1.56. The lowest BCUT2D eigenvalue weighted by Gasteiger charge is -2.29. The van der Waals surface area contributed by atoms with Crippen molar-refractivity contribution in [3.63, 3.8) is 0 Å². The van der Waals surface area contributed by atoms with E-state index >= 15 is 0 Å². The molecule has 0 N–H and O–H groups in total. The quantitative estimate of drug-likeness (QED) is 0.485. The molecule has 0 aromatic heterocycles. The SMILES string of the molecule is CC1(C)OC(=O)C(=Cc2cccc(OCc3ccccc3)c2)C(=O)O1. The second-order valence-corrected chi connectivity index (χ2v) is 6.08. The highest BCUT2D eigenvalue weighted by atomic mass is 16.7. The molecule has 0 amide bonds. The smallest absolute Gasteiger partial charge is 0.348 e. The highest BCUT2D eigenvalue weighted by molar-refractivity contribution is 6.18. The molecule has 3 rings (SSSR count). The first-order valence-electron chi connectivity index (χ1n) is 7.88. The van der Waals surface area contributed by atoms with E-state index in [0.717, 1.165) is 5.56 Å². The molecule has 0 atom stereocenters. The first-order chi connectivity index (χ1) is 11.9. The summed E-state index contributed by atoms with van der Waals surface area (Å²) in [6.45, 7) is 3.45. The fraction of sp³-hybridized carbons (Fsp3) is 0.200. The third kappa shape index (κ3) is 4.26. The van der Waals surface area contributed by atoms with Crippen LogP contribution in [0.25, 0.3) is 6.08 Å². The maximum absolute atomic E-state index is 12.0. The number of esters is 2. The number of cyclic esters (lactones) is 2. The Morgan fingerprint density at radius 2 is 1.64 bits per heavy atom. The van der Waals surface area contributed by atoms with Gasteiger partial charge in [0.2, 0.25) is 0 Å². The number of ether oxygens (including phenoxy) is 3. The largest absolute Gasteiger partial charge is 0.489 e. The topological polar surface area (TPSA) is 61.8 Å². The van der Waals surface area contributed by atoms with Gasteiger partial charge in [-0.3, -0.25) is 0 Å². The molecule has 2 aromatic carbocycles. The minimum Gasteiger partial charge on any atom is -0.489 e. The maximum atomic E-state index is 12.0. The summed E-state index contributed by atoms with van der Waals surface area (Å²) < 4.78 is 15.9. The predicted octanol–water partition coefficient (Wildman–Crippen LogP) is 3.49. The van der Waals surface area contributed by atoms with Gasteiger partial charge in [0.15, 0.2) is 0 Å². The van der Waals surface area contributed by atoms with Crippen LogP contribution in [0.2, 0.25) is 0 Å². The summed E-state index contributed by atoms with van der Waals surface area (Å²) in [7, 11) is 0. The molecule has 1 fully saturated rings. The number of hydrogen-bond donors (Lipinski definition) is 0. The lowest BCUT2D eigenvalue weighted by Crippen LogP contribution is -2.41. The molecule has 5 nitrogen and oxygen atoms in total. The van der Waals surface area contributed by atoms with Crippen LogP contribution in [0, 0.1) is 0 Å². The van der Waals surface area contributed by atoms with Crippen LogP contribution in [0.4, 0.5) is 0 Å². The third-order valence-corrected chi connectivity index (χ3v) is 3.53. The van der Waals surface area contributed by atoms with E-state index in [0.29, 0.717) is 17.9 Å². The molecule has 1 saturated heterocycles. The predicted molar refractivity (Wildman–Crippen MR) is 91.5 cm³/mol. The monoisotopic (exact) mass is 338 g/mol. The molecule has 1 aliphatic heterocycles. The minimum absolute atomic E-state index is 0.139. The van der Waals surface area contributed by atoms with Crippen molar-refractivity contribution >= 4 is 18.0 Å². The average molecular weight is 338 g/mol. The first-order valence-corrected chi connectivity index (χ1v) is 7.88. The van der Waals surface area contributed by atoms with Gasteiger partial charge in [0.1, 0.15) is 17.9 Å². The zero-order valence-electron chi connectivity index (χ0n) is 14.0. The second-order valence-electron chi connectivity index (χ2n) is 6.08. The van der Waals surface area contributed by atoms with E-state index < -0.39 is 17.7 Å². The van der Waals surface area contributed by atoms with Gasteiger partial charge in [-0.2, -0.15) is 0 Å². The molecule has 1 aliphatic rings. The van der Waals surface area contributed by atoms with Gasteiger partial charge in [-0.1, -0.05) is 42.5 Å². The Bertz CT molecular complexity index is 799. The zero-order valence-corrected chi connectivity index (χ0v) is 14.0. The number of benzene rings is 2. The standard InChI is InChI=1S/C20H18O5/c1-20(2)24-18(21)17(19(22)25-20)12-15-9-6-10-16(11-15)23-13-14-7-4-3-5-8-14/h3-12H,13H2,1-2H3. The lowest BCUT2D eigenvalue weighted by atomic mass is 10.1. The van der Waals surface area contributed by atoms with Gasteiger partial charge >= 0.3 is 11.9 Å². The van der Waals surface area contributed by atoms with E-state index in [1.54, 1.807) is 18.2 Å². The van der Waals surface area contributed by atoms with Crippen molar-refractivity contribution in [3.05, 3.63) is 71.3 Å². The molecule has 0 aliphatic carbocycles. The van der Waals surface area contributed by atoms with Gasteiger partial charge in [-0.15, -0.1) is 0 Å². The van der Waals surface area contributed by atoms with Crippen molar-refractivity contribution in [2.24, 2.45) is 0 Å². The van der Waals surface area contributed by atoms with Crippen molar-refractivity contribution in [2.75, 3.05) is 0 Å². The summed E-state index contributed by atoms with van der Waals surface area (Å²) in [5.74, 6) is -2.00. The molecular formula is C20H18O5. The zero-order chi connectivity index (χ0) is 17.9. The number of hydrogen-bond acceptors (Lipinski definition) is 5. The summed E-state index contributed by atoms with van der Waals surface area (Å²) >= 11 is 0. The van der Waals surface area contributed by atoms with Gasteiger partial charge in [0.05, 0.1) is 0 Å². The molecule has 0 saturated carbocycles. The van der Waals surface area contributed by atoms with Crippen molar-refractivity contribution in [2.45, 2.75) is 26.2 Å². The molecule has 25 heavy (non-hydrogen) atoms. The Morgan fingerprint density at radius 1 is 0.960 bits per heavy atom. The normalized spacial score (nSPS) is 16.0.